The highest BCUT2D eigenvalue weighted by molar-refractivity contribution is 7.89. The number of carbonyl (C=O) groups is 1. The number of halogens is 1. The Bertz CT molecular complexity index is 1110. The van der Waals surface area contributed by atoms with Crippen LogP contribution >= 0.6 is 0 Å². The predicted octanol–water partition coefficient (Wildman–Crippen LogP) is 3.97. The molecule has 3 aromatic rings. The first kappa shape index (κ1) is 21.7. The summed E-state index contributed by atoms with van der Waals surface area (Å²) in [5, 5.41) is 2.86. The van der Waals surface area contributed by atoms with Gasteiger partial charge in [-0.05, 0) is 61.2 Å². The molecule has 0 aliphatic rings. The Balaban J connectivity index is 1.90. The maximum atomic E-state index is 13.2. The van der Waals surface area contributed by atoms with Crippen LogP contribution in [-0.2, 0) is 21.2 Å². The molecule has 0 fully saturated rings. The Morgan fingerprint density at radius 2 is 1.50 bits per heavy atom. The molecule has 3 aromatic carbocycles. The van der Waals surface area contributed by atoms with Crippen LogP contribution in [0.3, 0.4) is 0 Å². The van der Waals surface area contributed by atoms with Gasteiger partial charge in [-0.1, -0.05) is 48.5 Å². The number of carbonyl (C=O) groups excluding carboxylic acids is 1. The third-order valence-electron chi connectivity index (χ3n) is 4.75. The average molecular weight is 427 g/mol. The van der Waals surface area contributed by atoms with Crippen molar-refractivity contribution >= 4 is 21.6 Å². The number of aryl methyl sites for hydroxylation is 2. The third kappa shape index (κ3) is 5.31. The molecule has 0 aliphatic heterocycles. The number of hydrogen-bond donors (Lipinski definition) is 2. The van der Waals surface area contributed by atoms with Gasteiger partial charge in [0.15, 0.2) is 0 Å². The zero-order valence-corrected chi connectivity index (χ0v) is 17.5. The summed E-state index contributed by atoms with van der Waals surface area (Å²) in [4.78, 5) is 13.0. The highest BCUT2D eigenvalue weighted by atomic mass is 32.2. The number of anilines is 1. The summed E-state index contributed by atoms with van der Waals surface area (Å²) in [5.74, 6) is -1.01. The summed E-state index contributed by atoms with van der Waals surface area (Å²) in [7, 11) is -4.03. The van der Waals surface area contributed by atoms with Crippen molar-refractivity contribution < 1.29 is 17.6 Å². The first-order chi connectivity index (χ1) is 14.3. The van der Waals surface area contributed by atoms with E-state index in [4.69, 9.17) is 0 Å². The molecular formula is C23H23FN2O3S. The summed E-state index contributed by atoms with van der Waals surface area (Å²) < 4.78 is 41.3. The molecule has 0 saturated heterocycles. The van der Waals surface area contributed by atoms with Gasteiger partial charge in [0.05, 0.1) is 4.90 Å². The van der Waals surface area contributed by atoms with Crippen molar-refractivity contribution in [3.63, 3.8) is 0 Å². The van der Waals surface area contributed by atoms with Gasteiger partial charge in [-0.25, -0.2) is 12.8 Å². The molecule has 3 rings (SSSR count). The first-order valence-corrected chi connectivity index (χ1v) is 10.9. The topological polar surface area (TPSA) is 75.3 Å². The van der Waals surface area contributed by atoms with Crippen molar-refractivity contribution in [3.05, 3.63) is 95.3 Å². The molecule has 0 aromatic heterocycles. The van der Waals surface area contributed by atoms with Crippen LogP contribution in [-0.4, -0.2) is 20.4 Å². The molecule has 5 nitrogen and oxygen atoms in total. The molecule has 0 radical (unpaired) electrons. The zero-order chi connectivity index (χ0) is 21.7. The van der Waals surface area contributed by atoms with Gasteiger partial charge in [0.25, 0.3) is 0 Å². The predicted molar refractivity (Wildman–Crippen MR) is 115 cm³/mol. The van der Waals surface area contributed by atoms with E-state index in [1.807, 2.05) is 62.4 Å². The van der Waals surface area contributed by atoms with E-state index in [-0.39, 0.29) is 11.3 Å². The van der Waals surface area contributed by atoms with Gasteiger partial charge in [0.2, 0.25) is 15.9 Å². The van der Waals surface area contributed by atoms with Gasteiger partial charge in [-0.2, -0.15) is 4.72 Å². The highest BCUT2D eigenvalue weighted by Crippen LogP contribution is 2.20. The minimum absolute atomic E-state index is 0.109. The SMILES string of the molecule is Cc1cccc(C)c1NC(=O)C(Cc1ccccc1)NS(=O)(=O)c1ccc(F)cc1. The second kappa shape index (κ2) is 9.19. The lowest BCUT2D eigenvalue weighted by Gasteiger charge is -2.20. The van der Waals surface area contributed by atoms with Crippen molar-refractivity contribution in [2.45, 2.75) is 31.2 Å². The van der Waals surface area contributed by atoms with Crippen LogP contribution in [0.15, 0.2) is 77.7 Å². The van der Waals surface area contributed by atoms with Crippen molar-refractivity contribution in [3.8, 4) is 0 Å². The van der Waals surface area contributed by atoms with E-state index in [0.717, 1.165) is 28.8 Å². The smallest absolute Gasteiger partial charge is 0.242 e. The molecule has 156 valence electrons. The summed E-state index contributed by atoms with van der Waals surface area (Å²) >= 11 is 0. The molecule has 1 unspecified atom stereocenters. The minimum Gasteiger partial charge on any atom is -0.324 e. The number of amides is 1. The molecule has 2 N–H and O–H groups in total. The number of hydrogen-bond acceptors (Lipinski definition) is 3. The lowest BCUT2D eigenvalue weighted by Crippen LogP contribution is -2.45. The molecule has 0 aliphatic carbocycles. The van der Waals surface area contributed by atoms with Crippen LogP contribution in [0, 0.1) is 19.7 Å². The van der Waals surface area contributed by atoms with E-state index in [1.54, 1.807) is 0 Å². The number of sulfonamides is 1. The normalized spacial score (nSPS) is 12.4. The van der Waals surface area contributed by atoms with Gasteiger partial charge in [0, 0.05) is 5.69 Å². The highest BCUT2D eigenvalue weighted by Gasteiger charge is 2.27. The molecular weight excluding hydrogens is 403 g/mol. The molecule has 0 spiro atoms. The Morgan fingerprint density at radius 3 is 2.10 bits per heavy atom. The molecule has 30 heavy (non-hydrogen) atoms. The van der Waals surface area contributed by atoms with E-state index >= 15 is 0 Å². The fourth-order valence-corrected chi connectivity index (χ4v) is 4.32. The molecule has 1 amide bonds. The van der Waals surface area contributed by atoms with Crippen LogP contribution < -0.4 is 10.0 Å². The van der Waals surface area contributed by atoms with Crippen LogP contribution in [0.1, 0.15) is 16.7 Å². The molecule has 7 heteroatoms. The van der Waals surface area contributed by atoms with Gasteiger partial charge in [-0.15, -0.1) is 0 Å². The Labute approximate surface area is 176 Å². The molecule has 0 saturated carbocycles. The van der Waals surface area contributed by atoms with Crippen molar-refractivity contribution in [2.75, 3.05) is 5.32 Å². The number of para-hydroxylation sites is 1. The summed E-state index contributed by atoms with van der Waals surface area (Å²) in [6, 6.07) is 18.2. The lowest BCUT2D eigenvalue weighted by molar-refractivity contribution is -0.117. The number of nitrogens with one attached hydrogen (secondary N) is 2. The quantitative estimate of drug-likeness (QED) is 0.600. The number of benzene rings is 3. The van der Waals surface area contributed by atoms with Crippen LogP contribution in [0.5, 0.6) is 0 Å². The Kier molecular flexibility index (Phi) is 6.64. The Morgan fingerprint density at radius 1 is 0.900 bits per heavy atom. The van der Waals surface area contributed by atoms with Crippen molar-refractivity contribution in [1.29, 1.82) is 0 Å². The van der Waals surface area contributed by atoms with E-state index in [0.29, 0.717) is 5.69 Å². The lowest BCUT2D eigenvalue weighted by atomic mass is 10.0. The van der Waals surface area contributed by atoms with Gasteiger partial charge >= 0.3 is 0 Å². The van der Waals surface area contributed by atoms with Gasteiger partial charge < -0.3 is 5.32 Å². The van der Waals surface area contributed by atoms with E-state index in [1.165, 1.54) is 12.1 Å². The van der Waals surface area contributed by atoms with Gasteiger partial charge in [-0.3, -0.25) is 4.79 Å². The van der Waals surface area contributed by atoms with E-state index in [2.05, 4.69) is 10.0 Å². The summed E-state index contributed by atoms with van der Waals surface area (Å²) in [5.41, 5.74) is 3.22. The maximum Gasteiger partial charge on any atom is 0.242 e. The maximum absolute atomic E-state index is 13.2. The molecule has 1 atom stereocenters. The zero-order valence-electron chi connectivity index (χ0n) is 16.7. The van der Waals surface area contributed by atoms with E-state index < -0.39 is 27.8 Å². The molecule has 0 bridgehead atoms. The van der Waals surface area contributed by atoms with Crippen LogP contribution in [0.2, 0.25) is 0 Å². The average Bonchev–Trinajstić information content (AvgIpc) is 2.71. The second-order valence-electron chi connectivity index (χ2n) is 7.07. The van der Waals surface area contributed by atoms with Crippen LogP contribution in [0.4, 0.5) is 10.1 Å². The first-order valence-electron chi connectivity index (χ1n) is 9.45. The standard InChI is InChI=1S/C23H23FN2O3S/c1-16-7-6-8-17(2)22(16)25-23(27)21(15-18-9-4-3-5-10-18)26-30(28,29)20-13-11-19(24)12-14-20/h3-14,21,26H,15H2,1-2H3,(H,25,27). The Hall–Kier alpha value is -3.03. The summed E-state index contributed by atoms with van der Waals surface area (Å²) in [6.07, 6.45) is 0.165. The fourth-order valence-electron chi connectivity index (χ4n) is 3.13. The fraction of sp³-hybridized carbons (Fsp3) is 0.174. The van der Waals surface area contributed by atoms with Crippen molar-refractivity contribution in [1.82, 2.24) is 4.72 Å². The minimum atomic E-state index is -4.03. The molecule has 0 heterocycles. The second-order valence-corrected chi connectivity index (χ2v) is 8.79. The third-order valence-corrected chi connectivity index (χ3v) is 6.24. The summed E-state index contributed by atoms with van der Waals surface area (Å²) in [6.45, 7) is 3.75. The largest absolute Gasteiger partial charge is 0.324 e. The van der Waals surface area contributed by atoms with Gasteiger partial charge in [0.1, 0.15) is 11.9 Å². The number of rotatable bonds is 7. The van der Waals surface area contributed by atoms with E-state index in [9.17, 15) is 17.6 Å². The van der Waals surface area contributed by atoms with Crippen molar-refractivity contribution in [2.24, 2.45) is 0 Å². The monoisotopic (exact) mass is 426 g/mol. The van der Waals surface area contributed by atoms with Crippen LogP contribution in [0.25, 0.3) is 0 Å².